The number of hydrogen-bond donors (Lipinski definition) is 7. The first-order valence-corrected chi connectivity index (χ1v) is 46.2. The van der Waals surface area contributed by atoms with Crippen molar-refractivity contribution >= 4 is 140 Å². The number of nitrogen functional groups attached to an aromatic ring is 4. The second kappa shape index (κ2) is 41.3. The first-order valence-electron chi connectivity index (χ1n) is 44.6. The van der Waals surface area contributed by atoms with Gasteiger partial charge in [0.1, 0.15) is 14.9 Å². The molecular weight excluding hydrogens is 1910 g/mol. The molecule has 0 aliphatic rings. The smallest absolute Gasteiger partial charge is 0.181 e. The maximum absolute atomic E-state index is 6.08. The molecule has 0 atom stereocenters. The van der Waals surface area contributed by atoms with Gasteiger partial charge in [0.15, 0.2) is 68.8 Å². The minimum absolute atomic E-state index is 0.406. The van der Waals surface area contributed by atoms with Crippen molar-refractivity contribution in [1.82, 2.24) is 135 Å². The molecule has 0 saturated carbocycles. The summed E-state index contributed by atoms with van der Waals surface area (Å²) in [7, 11) is 17.8. The lowest BCUT2D eigenvalue weighted by Crippen LogP contribution is -2.08. The van der Waals surface area contributed by atoms with Crippen LogP contribution in [0.5, 0.6) is 0 Å². The van der Waals surface area contributed by atoms with Crippen molar-refractivity contribution in [3.05, 3.63) is 327 Å². The van der Waals surface area contributed by atoms with Crippen LogP contribution in [0.25, 0.3) is 113 Å². The van der Waals surface area contributed by atoms with E-state index >= 15 is 0 Å². The van der Waals surface area contributed by atoms with Crippen molar-refractivity contribution in [1.29, 1.82) is 0 Å². The number of hydrogen-bond acceptors (Lipinski definition) is 27. The third-order valence-corrected chi connectivity index (χ3v) is 23.7. The number of rotatable bonds is 20. The van der Waals surface area contributed by atoms with Gasteiger partial charge in [0.05, 0.1) is 109 Å². The van der Waals surface area contributed by atoms with Crippen LogP contribution in [0.4, 0.5) is 74.7 Å². The fourth-order valence-corrected chi connectivity index (χ4v) is 16.6. The number of nitrogens with two attached hydrogens (primary N) is 4. The second-order valence-corrected chi connectivity index (χ2v) is 35.5. The summed E-state index contributed by atoms with van der Waals surface area (Å²) in [5, 5.41) is 32.3. The summed E-state index contributed by atoms with van der Waals surface area (Å²) >= 11 is 6.76. The van der Waals surface area contributed by atoms with Crippen LogP contribution in [-0.2, 0) is 34.2 Å². The highest BCUT2D eigenvalue weighted by atomic mass is 79.9. The molecule has 23 aromatic rings. The Morgan fingerprint density at radius 1 is 0.348 bits per heavy atom. The Bertz CT molecular complexity index is 8250. The zero-order valence-electron chi connectivity index (χ0n) is 78.9. The number of benzene rings is 6. The number of imidazole rings is 6. The summed E-state index contributed by atoms with van der Waals surface area (Å²) < 4.78 is 22.7. The van der Waals surface area contributed by atoms with Crippen LogP contribution in [0.3, 0.4) is 0 Å². The van der Waals surface area contributed by atoms with Crippen molar-refractivity contribution in [2.45, 2.75) is 26.9 Å². The van der Waals surface area contributed by atoms with E-state index in [0.717, 1.165) is 158 Å². The average Bonchev–Trinajstić information content (AvgIpc) is 1.62. The Hall–Kier alpha value is -18.0. The SMILES string of the molecule is CC(C)Cn1cc(-c2cnc3c(Nc4cccc(N(C)C)c4)nccn23)cn1.CN(C)c1cccc(Nc2nccn3c(-c4cn(C)nc4-c4cccc(N)c4)cnc23)c1.CN(C)c1cccc(Nc2nccn3c(-c4cnn(Cc5ccccc5)c4)cnc23)c1.Cn1cc(-c2cnc3c(N)nc(-c4ccccc4)cn23)cn1.Cn1cc(-c2cnc3c(N)ncc(Br)n23)cn1.Nc1ncc(Br)n2ccnc12. The first-order chi connectivity index (χ1) is 68.3. The number of aryl methyl sites for hydroxylation is 3. The van der Waals surface area contributed by atoms with Crippen LogP contribution >= 0.6 is 31.9 Å². The molecule has 6 aromatic carbocycles. The number of nitrogens with zero attached hydrogens (tertiary/aromatic N) is 31. The molecule has 0 spiro atoms. The molecule has 141 heavy (non-hydrogen) atoms. The maximum atomic E-state index is 6.08. The lowest BCUT2D eigenvalue weighted by Gasteiger charge is -2.14. The second-order valence-electron chi connectivity index (χ2n) is 33.9. The molecule has 0 aliphatic heterocycles. The molecule has 0 bridgehead atoms. The van der Waals surface area contributed by atoms with Crippen molar-refractivity contribution in [2.24, 2.45) is 27.1 Å². The van der Waals surface area contributed by atoms with E-state index < -0.39 is 0 Å². The highest BCUT2D eigenvalue weighted by Crippen LogP contribution is 2.37. The predicted octanol–water partition coefficient (Wildman–Crippen LogP) is 17.6. The Labute approximate surface area is 826 Å². The van der Waals surface area contributed by atoms with E-state index in [1.165, 1.54) is 5.56 Å². The number of halogens is 2. The van der Waals surface area contributed by atoms with E-state index in [9.17, 15) is 0 Å². The summed E-state index contributed by atoms with van der Waals surface area (Å²) in [6, 6.07) is 52.6. The highest BCUT2D eigenvalue weighted by Gasteiger charge is 2.22. The lowest BCUT2D eigenvalue weighted by molar-refractivity contribution is 0.483. The van der Waals surface area contributed by atoms with Crippen LogP contribution in [0.1, 0.15) is 19.4 Å². The summed E-state index contributed by atoms with van der Waals surface area (Å²) in [4.78, 5) is 58.8. The van der Waals surface area contributed by atoms with Gasteiger partial charge in [0, 0.05) is 235 Å². The zero-order valence-corrected chi connectivity index (χ0v) is 82.0. The molecule has 0 unspecified atom stereocenters. The van der Waals surface area contributed by atoms with Gasteiger partial charge in [0.25, 0.3) is 0 Å². The van der Waals surface area contributed by atoms with Gasteiger partial charge in [-0.15, -0.1) is 0 Å². The van der Waals surface area contributed by atoms with Gasteiger partial charge < -0.3 is 53.6 Å². The largest absolute Gasteiger partial charge is 0.399 e. The normalized spacial score (nSPS) is 11.1. The van der Waals surface area contributed by atoms with Gasteiger partial charge in [-0.2, -0.15) is 25.5 Å². The van der Waals surface area contributed by atoms with E-state index in [-0.39, 0.29) is 0 Å². The molecule has 0 radical (unpaired) electrons. The van der Waals surface area contributed by atoms with E-state index in [1.807, 2.05) is 301 Å². The van der Waals surface area contributed by atoms with E-state index in [2.05, 4.69) is 216 Å². The molecule has 0 saturated heterocycles. The van der Waals surface area contributed by atoms with Crippen LogP contribution in [0.2, 0.25) is 0 Å². The van der Waals surface area contributed by atoms with Gasteiger partial charge in [-0.1, -0.05) is 105 Å². The number of fused-ring (bicyclic) bond motifs is 6. The Kier molecular flexibility index (Phi) is 27.4. The molecule has 11 N–H and O–H groups in total. The molecule has 17 aromatic heterocycles. The number of anilines is 13. The minimum atomic E-state index is 0.406. The van der Waals surface area contributed by atoms with Gasteiger partial charge in [-0.3, -0.25) is 49.8 Å². The van der Waals surface area contributed by atoms with Gasteiger partial charge in [0.2, 0.25) is 0 Å². The molecule has 0 amide bonds. The average molecular weight is 2010 g/mol. The van der Waals surface area contributed by atoms with Crippen molar-refractivity contribution < 1.29 is 0 Å². The number of aromatic nitrogens is 28. The Morgan fingerprint density at radius 3 is 1.30 bits per heavy atom. The molecule has 40 heteroatoms. The fourth-order valence-electron chi connectivity index (χ4n) is 15.7. The summed E-state index contributed by atoms with van der Waals surface area (Å²) in [6.07, 6.45) is 46.3. The summed E-state index contributed by atoms with van der Waals surface area (Å²) in [5.74, 6) is 3.93. The van der Waals surface area contributed by atoms with Crippen LogP contribution in [-0.4, -0.2) is 177 Å². The standard InChI is InChI=1S/C24H24N8.C24H23N7.C21H25N7.C16H14N6.C10H9BrN6.C6H5BrN4/c1-30(2)19-9-5-8-18(13-19)28-23-24-27-14-21(32(24)11-10-26-23)20-15-31(3)29-22(20)16-6-4-7-17(25)12-16;1-29(2)21-10-6-9-20(13-21)28-23-24-26-15-22(31(24)12-11-25-23)19-14-27-30(17-19)16-18-7-4-3-5-8-18;1-15(2)13-27-14-16(11-24-27)19-12-23-21-20(22-8-9-28(19)21)25-17-6-5-7-18(10-17)26(3)4;1-21-9-12(7-19-21)14-8-18-16-15(17)20-13(10-22(14)16)11-5-3-2-4-6-11;1-16-5-6(2-15-16)7-3-14-10-9(12)13-4-8(11)17(7)10;7-4-3-10-5(8)6-9-1-2-11(4)6/h4-15H,25H2,1-3H3,(H,26,28);3-15,17H,16H2,1-2H3,(H,25,28);5-12,14-15H,13H2,1-4H3,(H,22,25);2-10H,1H3,(H2,17,20);2-5H,1H3,(H2,12,13);1-3H,(H2,8,10). The molecule has 17 heterocycles. The van der Waals surface area contributed by atoms with E-state index in [0.29, 0.717) is 57.6 Å². The van der Waals surface area contributed by atoms with Crippen LogP contribution in [0.15, 0.2) is 322 Å². The van der Waals surface area contributed by atoms with Crippen molar-refractivity contribution in [2.75, 3.05) is 95.9 Å². The number of nitrogens with one attached hydrogen (secondary N) is 3. The molecule has 23 rings (SSSR count). The van der Waals surface area contributed by atoms with Gasteiger partial charge >= 0.3 is 0 Å². The molecule has 708 valence electrons. The molecule has 38 nitrogen and oxygen atoms in total. The van der Waals surface area contributed by atoms with Crippen molar-refractivity contribution in [3.8, 4) is 78.8 Å². The topological polar surface area (TPSA) is 420 Å². The third-order valence-electron chi connectivity index (χ3n) is 22.5. The summed E-state index contributed by atoms with van der Waals surface area (Å²) in [5.41, 5.74) is 49.2. The summed E-state index contributed by atoms with van der Waals surface area (Å²) in [6.45, 7) is 6.00. The molecule has 0 fully saturated rings. The Balaban J connectivity index is 0.000000115. The fraction of sp³-hybridized carbons (Fsp3) is 0.139. The molecule has 0 aliphatic carbocycles. The lowest BCUT2D eigenvalue weighted by atomic mass is 10.1. The third kappa shape index (κ3) is 21.1. The van der Waals surface area contributed by atoms with Gasteiger partial charge in [-0.25, -0.2) is 59.8 Å². The van der Waals surface area contributed by atoms with Crippen LogP contribution in [0, 0.1) is 5.92 Å². The van der Waals surface area contributed by atoms with Gasteiger partial charge in [-0.05, 0) is 110 Å². The molecular formula is C101H100Br2N38. The van der Waals surface area contributed by atoms with E-state index in [4.69, 9.17) is 22.9 Å². The van der Waals surface area contributed by atoms with E-state index in [1.54, 1.807) is 69.8 Å². The Morgan fingerprint density at radius 2 is 0.780 bits per heavy atom. The monoisotopic (exact) mass is 2000 g/mol. The highest BCUT2D eigenvalue weighted by molar-refractivity contribution is 9.10. The maximum Gasteiger partial charge on any atom is 0.181 e. The van der Waals surface area contributed by atoms with Crippen molar-refractivity contribution in [3.63, 3.8) is 0 Å². The van der Waals surface area contributed by atoms with Crippen LogP contribution < -0.4 is 53.6 Å². The predicted molar refractivity (Wildman–Crippen MR) is 563 cm³/mol. The minimum Gasteiger partial charge on any atom is -0.399 e. The zero-order chi connectivity index (χ0) is 98.1. The first kappa shape index (κ1) is 93.5. The quantitative estimate of drug-likeness (QED) is 0.0348.